The Bertz CT molecular complexity index is 3850. The van der Waals surface area contributed by atoms with Crippen molar-refractivity contribution in [1.82, 2.24) is 14.8 Å². The number of aromatic hydroxyl groups is 1. The molecule has 32 heteroatoms. The van der Waals surface area contributed by atoms with Crippen LogP contribution in [0, 0.1) is 6.92 Å². The largest absolute Gasteiger partial charge is 0.772 e. The standard InChI is InChI=1S/C37H31N9O17S6/c1-19-13-28(30(63-11-2-12-66(51,52)53)16-27(19)42-45-37-39-33-31(64-37)14-20(18-65(49)50)15-32(33)68(57,58)59)43-40-25-9-8-24-23(34(25)47)7-10-26(35(24)69(60,61)62)41-44-29-17-38-46(36(29)48)21-3-5-22(6-4-21)67(54,55)56/h3-10,13-17,38,47H,2,11-12,18H2,1H3,(H,49,50)(H,51,52,53)(H,54,55,56)(H,57,58,59)(H,60,61,62)/p-1. The molecule has 0 radical (unpaired) electrons. The van der Waals surface area contributed by atoms with E-state index < -0.39 is 94.7 Å². The number of ether oxygens (including phenoxy) is 1. The number of hydrogen-bond acceptors (Lipinski definition) is 21. The molecule has 5 aromatic carbocycles. The van der Waals surface area contributed by atoms with Gasteiger partial charge in [0.1, 0.15) is 38.1 Å². The maximum absolute atomic E-state index is 13.1. The molecule has 0 bridgehead atoms. The van der Waals surface area contributed by atoms with Gasteiger partial charge in [0.2, 0.25) is 5.13 Å². The monoisotopic (exact) mass is 1060 g/mol. The summed E-state index contributed by atoms with van der Waals surface area (Å²) in [6.07, 6.45) is 0.916. The molecule has 2 aromatic heterocycles. The van der Waals surface area contributed by atoms with Crippen molar-refractivity contribution >= 4 is 117 Å². The van der Waals surface area contributed by atoms with Crippen molar-refractivity contribution in [3.05, 3.63) is 100 Å². The van der Waals surface area contributed by atoms with Crippen molar-refractivity contribution < 1.29 is 70.5 Å². The Labute approximate surface area is 395 Å². The maximum atomic E-state index is 13.1. The topological polar surface area (TPSA) is 412 Å². The van der Waals surface area contributed by atoms with Crippen LogP contribution >= 0.6 is 11.3 Å². The molecule has 0 saturated carbocycles. The number of aromatic amines is 1. The highest BCUT2D eigenvalue weighted by Crippen LogP contribution is 2.43. The second-order valence-corrected chi connectivity index (χ2v) is 21.9. The summed E-state index contributed by atoms with van der Waals surface area (Å²) < 4.78 is 163. The van der Waals surface area contributed by atoms with Crippen LogP contribution in [-0.2, 0) is 57.3 Å². The van der Waals surface area contributed by atoms with Crippen LogP contribution in [0.4, 0.5) is 33.6 Å². The second kappa shape index (κ2) is 19.4. The molecule has 69 heavy (non-hydrogen) atoms. The van der Waals surface area contributed by atoms with E-state index in [1.807, 2.05) is 0 Å². The molecule has 26 nitrogen and oxygen atoms in total. The number of phenolic OH excluding ortho intramolecular Hbond substituents is 1. The van der Waals surface area contributed by atoms with E-state index in [0.29, 0.717) is 5.56 Å². The van der Waals surface area contributed by atoms with Crippen LogP contribution < -0.4 is 10.3 Å². The van der Waals surface area contributed by atoms with E-state index in [4.69, 9.17) is 4.74 Å². The summed E-state index contributed by atoms with van der Waals surface area (Å²) >= 11 is -1.76. The Kier molecular flexibility index (Phi) is 14.2. The molecule has 1 unspecified atom stereocenters. The molecular weight excluding hydrogens is 1030 g/mol. The number of phenols is 1. The highest BCUT2D eigenvalue weighted by Gasteiger charge is 2.24. The summed E-state index contributed by atoms with van der Waals surface area (Å²) in [4.78, 5) is 15.3. The number of aromatic nitrogens is 3. The molecule has 6 N–H and O–H groups in total. The van der Waals surface area contributed by atoms with Crippen molar-refractivity contribution in [2.75, 3.05) is 12.4 Å². The molecule has 0 aliphatic carbocycles. The molecule has 7 rings (SSSR count). The third kappa shape index (κ3) is 11.8. The van der Waals surface area contributed by atoms with Gasteiger partial charge in [0, 0.05) is 22.6 Å². The minimum atomic E-state index is -5.12. The Balaban J connectivity index is 1.20. The third-order valence-electron chi connectivity index (χ3n) is 9.41. The van der Waals surface area contributed by atoms with Crippen molar-refractivity contribution in [3.8, 4) is 17.2 Å². The normalized spacial score (nSPS) is 13.4. The average Bonchev–Trinajstić information content (AvgIpc) is 3.84. The lowest BCUT2D eigenvalue weighted by Gasteiger charge is -2.11. The van der Waals surface area contributed by atoms with E-state index >= 15 is 0 Å². The lowest BCUT2D eigenvalue weighted by atomic mass is 10.1. The van der Waals surface area contributed by atoms with Gasteiger partial charge >= 0.3 is 0 Å². The van der Waals surface area contributed by atoms with Crippen LogP contribution in [0.25, 0.3) is 26.7 Å². The van der Waals surface area contributed by atoms with E-state index in [1.54, 1.807) is 6.92 Å². The predicted molar refractivity (Wildman–Crippen MR) is 244 cm³/mol. The Morgan fingerprint density at radius 3 is 2.04 bits per heavy atom. The molecule has 2 heterocycles. The van der Waals surface area contributed by atoms with Crippen LogP contribution in [0.1, 0.15) is 17.5 Å². The van der Waals surface area contributed by atoms with Gasteiger partial charge in [-0.05, 0) is 85.1 Å². The predicted octanol–water partition coefficient (Wildman–Crippen LogP) is 6.96. The summed E-state index contributed by atoms with van der Waals surface area (Å²) in [5, 5.41) is 37.5. The van der Waals surface area contributed by atoms with Crippen LogP contribution in [0.15, 0.2) is 129 Å². The van der Waals surface area contributed by atoms with Gasteiger partial charge in [0.15, 0.2) is 11.4 Å². The summed E-state index contributed by atoms with van der Waals surface area (Å²) in [7, 11) is -18.8. The molecule has 7 aromatic rings. The molecule has 362 valence electrons. The number of hydrogen-bond donors (Lipinski definition) is 6. The van der Waals surface area contributed by atoms with Crippen LogP contribution in [0.5, 0.6) is 11.5 Å². The van der Waals surface area contributed by atoms with Crippen molar-refractivity contribution in [2.45, 2.75) is 33.8 Å². The summed E-state index contributed by atoms with van der Waals surface area (Å²) in [5.74, 6) is -1.92. The van der Waals surface area contributed by atoms with Crippen LogP contribution in [0.2, 0.25) is 0 Å². The van der Waals surface area contributed by atoms with Gasteiger partial charge in [-0.1, -0.05) is 28.5 Å². The van der Waals surface area contributed by atoms with E-state index in [-0.39, 0.29) is 78.9 Å². The van der Waals surface area contributed by atoms with Gasteiger partial charge in [-0.25, -0.2) is 9.67 Å². The zero-order valence-corrected chi connectivity index (χ0v) is 39.4. The summed E-state index contributed by atoms with van der Waals surface area (Å²) in [6.45, 7) is 1.28. The van der Waals surface area contributed by atoms with Gasteiger partial charge in [0.25, 0.3) is 46.0 Å². The lowest BCUT2D eigenvalue weighted by Crippen LogP contribution is -2.14. The number of fused-ring (bicyclic) bond motifs is 2. The zero-order valence-electron chi connectivity index (χ0n) is 34.5. The highest BCUT2D eigenvalue weighted by atomic mass is 32.2. The molecule has 0 amide bonds. The molecule has 0 aliphatic rings. The number of azo groups is 3. The fraction of sp³-hybridized carbons (Fsp3) is 0.135. The fourth-order valence-corrected chi connectivity index (χ4v) is 10.2. The van der Waals surface area contributed by atoms with E-state index in [9.17, 15) is 70.5 Å². The Hall–Kier alpha value is -6.59. The molecule has 1 atom stereocenters. The lowest BCUT2D eigenvalue weighted by molar-refractivity contribution is 0.317. The van der Waals surface area contributed by atoms with Gasteiger partial charge in [-0.15, -0.1) is 30.7 Å². The van der Waals surface area contributed by atoms with E-state index in [1.165, 1.54) is 42.5 Å². The molecule has 0 spiro atoms. The molecule has 0 saturated heterocycles. The van der Waals surface area contributed by atoms with Gasteiger partial charge in [-0.2, -0.15) is 33.7 Å². The number of thiazole rings is 1. The number of benzene rings is 5. The van der Waals surface area contributed by atoms with Crippen LogP contribution in [0.3, 0.4) is 0 Å². The van der Waals surface area contributed by atoms with Crippen LogP contribution in [-0.4, -0.2) is 92.9 Å². The van der Waals surface area contributed by atoms with Crippen molar-refractivity contribution in [3.63, 3.8) is 0 Å². The Morgan fingerprint density at radius 2 is 1.39 bits per heavy atom. The number of aryl methyl sites for hydroxylation is 1. The number of rotatable bonds is 17. The molecular formula is C37H30N9O17S6-. The van der Waals surface area contributed by atoms with E-state index in [0.717, 1.165) is 52.5 Å². The summed E-state index contributed by atoms with van der Waals surface area (Å²) in [6, 6.07) is 14.2. The Morgan fingerprint density at radius 1 is 0.754 bits per heavy atom. The van der Waals surface area contributed by atoms with Crippen molar-refractivity contribution in [1.29, 1.82) is 0 Å². The first-order valence-corrected chi connectivity index (χ1v) is 26.8. The summed E-state index contributed by atoms with van der Waals surface area (Å²) in [5.41, 5.74) is -1.39. The number of H-pyrrole nitrogens is 1. The minimum Gasteiger partial charge on any atom is -0.772 e. The van der Waals surface area contributed by atoms with E-state index in [2.05, 4.69) is 40.8 Å². The maximum Gasteiger partial charge on any atom is 0.298 e. The number of nitrogens with zero attached hydrogens (tertiary/aromatic N) is 8. The first-order valence-electron chi connectivity index (χ1n) is 18.9. The fourth-order valence-electron chi connectivity index (χ4n) is 6.36. The second-order valence-electron chi connectivity index (χ2n) is 14.2. The quantitative estimate of drug-likeness (QED) is 0.0232. The molecule has 0 fully saturated rings. The smallest absolute Gasteiger partial charge is 0.298 e. The van der Waals surface area contributed by atoms with Gasteiger partial charge < -0.3 is 14.4 Å². The first-order chi connectivity index (χ1) is 32.3. The van der Waals surface area contributed by atoms with Gasteiger partial charge in [0.05, 0.1) is 39.5 Å². The molecule has 0 aliphatic heterocycles. The van der Waals surface area contributed by atoms with Gasteiger partial charge in [-0.3, -0.25) is 32.3 Å². The minimum absolute atomic E-state index is 0.0211. The number of nitrogens with one attached hydrogen (secondary N) is 1. The average molecular weight is 1070 g/mol. The highest BCUT2D eigenvalue weighted by molar-refractivity contribution is 7.86. The third-order valence-corrected chi connectivity index (χ3v) is 14.4. The SMILES string of the molecule is Cc1cc(N=Nc2ccc3c(S(=O)(=O)O)c(N=Nc4c[nH]n(-c5ccc(S(=O)(=O)O)cc5)c4=O)ccc3c2O)c(OCCCS(=O)(=O)O)cc1N=Nc1nc2c(S(=O)(=O)O)cc(CS(=O)[O-])cc2s1. The first kappa shape index (κ1) is 50.3. The van der Waals surface area contributed by atoms with Crippen molar-refractivity contribution in [2.24, 2.45) is 30.7 Å². The zero-order chi connectivity index (χ0) is 50.2.